The van der Waals surface area contributed by atoms with E-state index in [2.05, 4.69) is 5.32 Å². The Morgan fingerprint density at radius 1 is 1.35 bits per heavy atom. The lowest BCUT2D eigenvalue weighted by molar-refractivity contribution is -0.126. The highest BCUT2D eigenvalue weighted by atomic mass is 32.2. The third-order valence-electron chi connectivity index (χ3n) is 4.27. The molecule has 128 valence electrons. The number of hydrogen-bond acceptors (Lipinski definition) is 3. The molecule has 0 bridgehead atoms. The molecule has 1 amide bonds. The average Bonchev–Trinajstić information content (AvgIpc) is 2.55. The second kappa shape index (κ2) is 7.93. The van der Waals surface area contributed by atoms with Crippen LogP contribution >= 0.6 is 0 Å². The van der Waals surface area contributed by atoms with Crippen molar-refractivity contribution >= 4 is 15.9 Å². The first-order valence-electron chi connectivity index (χ1n) is 8.27. The normalized spacial score (nSPS) is 20.9. The first kappa shape index (κ1) is 17.9. The monoisotopic (exact) mass is 338 g/mol. The molecule has 0 saturated carbocycles. The number of carbonyl (C=O) groups excluding carboxylic acids is 1. The first-order valence-corrected chi connectivity index (χ1v) is 9.88. The molecule has 2 atom stereocenters. The van der Waals surface area contributed by atoms with Crippen molar-refractivity contribution in [3.05, 3.63) is 35.9 Å². The fourth-order valence-electron chi connectivity index (χ4n) is 2.95. The third-order valence-corrected chi connectivity index (χ3v) is 6.31. The van der Waals surface area contributed by atoms with Crippen molar-refractivity contribution in [2.45, 2.75) is 39.2 Å². The number of amides is 1. The van der Waals surface area contributed by atoms with Crippen LogP contribution in [0.25, 0.3) is 0 Å². The molecule has 1 aromatic rings. The van der Waals surface area contributed by atoms with Gasteiger partial charge in [0.25, 0.3) is 0 Å². The largest absolute Gasteiger partial charge is 0.349 e. The van der Waals surface area contributed by atoms with E-state index in [9.17, 15) is 13.2 Å². The number of piperidine rings is 1. The fourth-order valence-corrected chi connectivity index (χ4v) is 4.54. The van der Waals surface area contributed by atoms with E-state index in [1.807, 2.05) is 44.2 Å². The zero-order chi connectivity index (χ0) is 16.9. The van der Waals surface area contributed by atoms with Crippen molar-refractivity contribution in [2.24, 2.45) is 5.92 Å². The van der Waals surface area contributed by atoms with Crippen molar-refractivity contribution in [1.82, 2.24) is 9.62 Å². The first-order chi connectivity index (χ1) is 10.9. The van der Waals surface area contributed by atoms with Crippen molar-refractivity contribution in [3.63, 3.8) is 0 Å². The third kappa shape index (κ3) is 4.78. The summed E-state index contributed by atoms with van der Waals surface area (Å²) in [5, 5.41) is 3.01. The summed E-state index contributed by atoms with van der Waals surface area (Å²) in [7, 11) is -3.23. The lowest BCUT2D eigenvalue weighted by Crippen LogP contribution is -2.46. The summed E-state index contributed by atoms with van der Waals surface area (Å²) in [6.45, 7) is 4.63. The van der Waals surface area contributed by atoms with Gasteiger partial charge in [0.05, 0.1) is 17.7 Å². The highest BCUT2D eigenvalue weighted by Gasteiger charge is 2.32. The van der Waals surface area contributed by atoms with Gasteiger partial charge in [-0.25, -0.2) is 12.7 Å². The van der Waals surface area contributed by atoms with Gasteiger partial charge in [-0.1, -0.05) is 37.3 Å². The SMILES string of the molecule is CCCS(=O)(=O)N1CCC[C@@H](C(=O)N[C@@H](C)c2ccccc2)C1. The topological polar surface area (TPSA) is 66.5 Å². The molecular weight excluding hydrogens is 312 g/mol. The number of rotatable bonds is 6. The minimum atomic E-state index is -3.23. The molecule has 5 nitrogen and oxygen atoms in total. The standard InChI is InChI=1S/C17H26N2O3S/c1-3-12-23(21,22)19-11-7-10-16(13-19)17(20)18-14(2)15-8-5-4-6-9-15/h4-6,8-9,14,16H,3,7,10-13H2,1-2H3,(H,18,20)/t14-,16+/m0/s1. The lowest BCUT2D eigenvalue weighted by atomic mass is 9.98. The average molecular weight is 338 g/mol. The molecule has 0 aromatic heterocycles. The zero-order valence-electron chi connectivity index (χ0n) is 13.9. The predicted molar refractivity (Wildman–Crippen MR) is 91.4 cm³/mol. The van der Waals surface area contributed by atoms with Gasteiger partial charge in [-0.3, -0.25) is 4.79 Å². The van der Waals surface area contributed by atoms with Gasteiger partial charge >= 0.3 is 0 Å². The summed E-state index contributed by atoms with van der Waals surface area (Å²) in [6, 6.07) is 9.70. The van der Waals surface area contributed by atoms with Gasteiger partial charge in [0.2, 0.25) is 15.9 Å². The molecule has 1 N–H and O–H groups in total. The summed E-state index contributed by atoms with van der Waals surface area (Å²) in [4.78, 5) is 12.5. The summed E-state index contributed by atoms with van der Waals surface area (Å²) in [5.74, 6) is -0.166. The molecule has 1 aromatic carbocycles. The van der Waals surface area contributed by atoms with Crippen LogP contribution in [0.5, 0.6) is 0 Å². The minimum Gasteiger partial charge on any atom is -0.349 e. The molecule has 1 heterocycles. The smallest absolute Gasteiger partial charge is 0.224 e. The van der Waals surface area contributed by atoms with Gasteiger partial charge < -0.3 is 5.32 Å². The Hall–Kier alpha value is -1.40. The highest BCUT2D eigenvalue weighted by Crippen LogP contribution is 2.21. The molecule has 0 spiro atoms. The Labute approximate surface area is 139 Å². The van der Waals surface area contributed by atoms with E-state index >= 15 is 0 Å². The number of hydrogen-bond donors (Lipinski definition) is 1. The Kier molecular flexibility index (Phi) is 6.18. The number of sulfonamides is 1. The van der Waals surface area contributed by atoms with Gasteiger partial charge in [-0.2, -0.15) is 0 Å². The van der Waals surface area contributed by atoms with Gasteiger partial charge in [-0.05, 0) is 31.7 Å². The lowest BCUT2D eigenvalue weighted by Gasteiger charge is -2.31. The molecule has 0 aliphatic carbocycles. The van der Waals surface area contributed by atoms with E-state index in [4.69, 9.17) is 0 Å². The minimum absolute atomic E-state index is 0.0576. The van der Waals surface area contributed by atoms with Crippen LogP contribution in [-0.4, -0.2) is 37.5 Å². The molecule has 6 heteroatoms. The molecule has 0 radical (unpaired) electrons. The predicted octanol–water partition coefficient (Wildman–Crippen LogP) is 2.32. The van der Waals surface area contributed by atoms with Crippen molar-refractivity contribution < 1.29 is 13.2 Å². The van der Waals surface area contributed by atoms with Crippen LogP contribution in [0.15, 0.2) is 30.3 Å². The van der Waals surface area contributed by atoms with Crippen LogP contribution in [0.3, 0.4) is 0 Å². The molecule has 1 fully saturated rings. The van der Waals surface area contributed by atoms with E-state index in [0.717, 1.165) is 18.4 Å². The Balaban J connectivity index is 1.97. The van der Waals surface area contributed by atoms with Crippen molar-refractivity contribution in [3.8, 4) is 0 Å². The van der Waals surface area contributed by atoms with E-state index in [1.165, 1.54) is 4.31 Å². The number of nitrogens with zero attached hydrogens (tertiary/aromatic N) is 1. The molecule has 1 aliphatic rings. The van der Waals surface area contributed by atoms with Crippen LogP contribution in [-0.2, 0) is 14.8 Å². The zero-order valence-corrected chi connectivity index (χ0v) is 14.7. The second-order valence-electron chi connectivity index (χ2n) is 6.15. The molecule has 1 saturated heterocycles. The van der Waals surface area contributed by atoms with E-state index in [1.54, 1.807) is 0 Å². The molecular formula is C17H26N2O3S. The van der Waals surface area contributed by atoms with E-state index in [0.29, 0.717) is 19.5 Å². The molecule has 1 aliphatic heterocycles. The maximum absolute atomic E-state index is 12.5. The van der Waals surface area contributed by atoms with E-state index in [-0.39, 0.29) is 23.6 Å². The Morgan fingerprint density at radius 2 is 2.04 bits per heavy atom. The van der Waals surface area contributed by atoms with E-state index < -0.39 is 10.0 Å². The van der Waals surface area contributed by atoms with Crippen molar-refractivity contribution in [1.29, 1.82) is 0 Å². The summed E-state index contributed by atoms with van der Waals surface area (Å²) in [5.41, 5.74) is 1.05. The number of benzene rings is 1. The van der Waals surface area contributed by atoms with Crippen LogP contribution in [0.4, 0.5) is 0 Å². The highest BCUT2D eigenvalue weighted by molar-refractivity contribution is 7.89. The Morgan fingerprint density at radius 3 is 2.70 bits per heavy atom. The summed E-state index contributed by atoms with van der Waals surface area (Å²) < 4.78 is 25.9. The quantitative estimate of drug-likeness (QED) is 0.865. The van der Waals surface area contributed by atoms with Crippen LogP contribution in [0, 0.1) is 5.92 Å². The molecule has 23 heavy (non-hydrogen) atoms. The van der Waals surface area contributed by atoms with Gasteiger partial charge in [-0.15, -0.1) is 0 Å². The molecule has 2 rings (SSSR count). The molecule has 0 unspecified atom stereocenters. The van der Waals surface area contributed by atoms with Crippen LogP contribution < -0.4 is 5.32 Å². The maximum atomic E-state index is 12.5. The van der Waals surface area contributed by atoms with Gasteiger partial charge in [0.1, 0.15) is 0 Å². The summed E-state index contributed by atoms with van der Waals surface area (Å²) in [6.07, 6.45) is 2.08. The van der Waals surface area contributed by atoms with Crippen LogP contribution in [0.1, 0.15) is 44.7 Å². The summed E-state index contributed by atoms with van der Waals surface area (Å²) >= 11 is 0. The Bertz CT molecular complexity index is 616. The fraction of sp³-hybridized carbons (Fsp3) is 0.588. The van der Waals surface area contributed by atoms with Gasteiger partial charge in [0.15, 0.2) is 0 Å². The van der Waals surface area contributed by atoms with Crippen molar-refractivity contribution in [2.75, 3.05) is 18.8 Å². The number of nitrogens with one attached hydrogen (secondary N) is 1. The maximum Gasteiger partial charge on any atom is 0.224 e. The second-order valence-corrected chi connectivity index (χ2v) is 8.24. The van der Waals surface area contributed by atoms with Gasteiger partial charge in [0, 0.05) is 13.1 Å². The van der Waals surface area contributed by atoms with Crippen LogP contribution in [0.2, 0.25) is 0 Å². The number of carbonyl (C=O) groups is 1.